The van der Waals surface area contributed by atoms with E-state index in [1.165, 1.54) is 122 Å². The summed E-state index contributed by atoms with van der Waals surface area (Å²) in [5.41, 5.74) is 0. The van der Waals surface area contributed by atoms with Gasteiger partial charge in [-0.25, -0.2) is 4.79 Å². The molecule has 0 aromatic rings. The number of carboxylic acids is 1. The summed E-state index contributed by atoms with van der Waals surface area (Å²) in [5.74, 6) is -3.18. The molecule has 0 radical (unpaired) electrons. The van der Waals surface area contributed by atoms with Crippen LogP contribution in [0.2, 0.25) is 0 Å². The van der Waals surface area contributed by atoms with Gasteiger partial charge in [0.05, 0.1) is 6.61 Å². The van der Waals surface area contributed by atoms with Crippen LogP contribution in [0.3, 0.4) is 0 Å². The Morgan fingerprint density at radius 2 is 0.840 bits per heavy atom. The maximum Gasteiger partial charge on any atom is 0.335 e. The van der Waals surface area contributed by atoms with Crippen molar-refractivity contribution in [3.05, 3.63) is 60.8 Å². The number of hydrogen-bond donors (Lipinski definition) is 3. The van der Waals surface area contributed by atoms with E-state index in [1.54, 1.807) is 0 Å². The van der Waals surface area contributed by atoms with E-state index in [1.807, 2.05) is 6.08 Å². The molecule has 1 heterocycles. The minimum absolute atomic E-state index is 0.0586. The molecule has 432 valence electrons. The molecule has 6 atom stereocenters. The Balaban J connectivity index is 2.71. The third-order valence-electron chi connectivity index (χ3n) is 13.6. The van der Waals surface area contributed by atoms with Gasteiger partial charge in [0.25, 0.3) is 0 Å². The number of esters is 3. The van der Waals surface area contributed by atoms with Gasteiger partial charge >= 0.3 is 23.9 Å². The second-order valence-electron chi connectivity index (χ2n) is 20.6. The summed E-state index contributed by atoms with van der Waals surface area (Å²) < 4.78 is 28.4. The van der Waals surface area contributed by atoms with E-state index >= 15 is 0 Å². The Morgan fingerprint density at radius 1 is 0.453 bits per heavy atom. The molecular formula is C63H108O12. The van der Waals surface area contributed by atoms with Crippen LogP contribution in [-0.2, 0) is 42.9 Å². The van der Waals surface area contributed by atoms with E-state index in [2.05, 4.69) is 75.5 Å². The van der Waals surface area contributed by atoms with Gasteiger partial charge in [-0.3, -0.25) is 14.4 Å². The quantitative estimate of drug-likeness (QED) is 0.0228. The van der Waals surface area contributed by atoms with Crippen molar-refractivity contribution in [2.45, 2.75) is 302 Å². The fraction of sp³-hybridized carbons (Fsp3) is 0.778. The van der Waals surface area contributed by atoms with Crippen LogP contribution < -0.4 is 0 Å². The second-order valence-corrected chi connectivity index (χ2v) is 20.6. The van der Waals surface area contributed by atoms with Crippen molar-refractivity contribution in [1.82, 2.24) is 0 Å². The molecule has 0 spiro atoms. The molecule has 0 saturated carbocycles. The van der Waals surface area contributed by atoms with Gasteiger partial charge in [0.15, 0.2) is 24.6 Å². The molecule has 12 nitrogen and oxygen atoms in total. The van der Waals surface area contributed by atoms with Crippen molar-refractivity contribution in [2.75, 3.05) is 13.2 Å². The van der Waals surface area contributed by atoms with Crippen molar-refractivity contribution < 1.29 is 58.2 Å². The number of carboxylic acid groups (broad SMARTS) is 1. The molecule has 1 aliphatic heterocycles. The maximum absolute atomic E-state index is 13.1. The Kier molecular flexibility index (Phi) is 47.4. The van der Waals surface area contributed by atoms with Crippen LogP contribution in [0.4, 0.5) is 0 Å². The van der Waals surface area contributed by atoms with Crippen LogP contribution in [0.25, 0.3) is 0 Å². The monoisotopic (exact) mass is 1060 g/mol. The lowest BCUT2D eigenvalue weighted by Gasteiger charge is -2.40. The van der Waals surface area contributed by atoms with E-state index in [4.69, 9.17) is 23.7 Å². The molecule has 12 heteroatoms. The number of aliphatic carboxylic acids is 1. The van der Waals surface area contributed by atoms with Crippen molar-refractivity contribution in [1.29, 1.82) is 0 Å². The summed E-state index contributed by atoms with van der Waals surface area (Å²) in [6, 6.07) is 0. The van der Waals surface area contributed by atoms with Gasteiger partial charge in [0.1, 0.15) is 18.8 Å². The third-order valence-corrected chi connectivity index (χ3v) is 13.6. The minimum Gasteiger partial charge on any atom is -0.479 e. The van der Waals surface area contributed by atoms with Crippen LogP contribution in [0.5, 0.6) is 0 Å². The maximum atomic E-state index is 13.1. The average Bonchev–Trinajstić information content (AvgIpc) is 3.39. The lowest BCUT2D eigenvalue weighted by Crippen LogP contribution is -2.61. The number of unbranched alkanes of at least 4 members (excludes halogenated alkanes) is 27. The molecular weight excluding hydrogens is 949 g/mol. The largest absolute Gasteiger partial charge is 0.479 e. The van der Waals surface area contributed by atoms with Gasteiger partial charge in [0.2, 0.25) is 0 Å². The number of ether oxygens (including phenoxy) is 5. The normalized spacial score (nSPS) is 18.5. The highest BCUT2D eigenvalue weighted by molar-refractivity contribution is 5.74. The number of carbonyl (C=O) groups excluding carboxylic acids is 3. The zero-order chi connectivity index (χ0) is 54.7. The first-order chi connectivity index (χ1) is 36.6. The van der Waals surface area contributed by atoms with Crippen molar-refractivity contribution >= 4 is 23.9 Å². The average molecular weight is 1060 g/mol. The summed E-state index contributed by atoms with van der Waals surface area (Å²) in [6.07, 6.45) is 50.5. The SMILES string of the molecule is CC/C=C\C/C=C\C/C=C\C/C=C\C/C=C\CCCC(=O)OCC(COC1OC(C(=O)O)C(O)C(O)C1OC(=O)CCCCCCCCCCCCCCCCC)OC(=O)CCCCCCCCCCCCCCC. The van der Waals surface area contributed by atoms with Crippen LogP contribution >= 0.6 is 0 Å². The number of hydrogen-bond acceptors (Lipinski definition) is 11. The Hall–Kier alpha value is -3.58. The Labute approximate surface area is 456 Å². The zero-order valence-corrected chi connectivity index (χ0v) is 47.5. The fourth-order valence-corrected chi connectivity index (χ4v) is 8.99. The van der Waals surface area contributed by atoms with Gasteiger partial charge in [-0.05, 0) is 57.8 Å². The third kappa shape index (κ3) is 41.2. The van der Waals surface area contributed by atoms with E-state index in [0.717, 1.165) is 77.0 Å². The number of aliphatic hydroxyl groups is 2. The first-order valence-corrected chi connectivity index (χ1v) is 30.3. The van der Waals surface area contributed by atoms with Crippen LogP contribution in [0.1, 0.15) is 265 Å². The predicted octanol–water partition coefficient (Wildman–Crippen LogP) is 15.6. The first kappa shape index (κ1) is 69.4. The second kappa shape index (κ2) is 51.2. The zero-order valence-electron chi connectivity index (χ0n) is 47.5. The summed E-state index contributed by atoms with van der Waals surface area (Å²) in [6.45, 7) is 5.85. The summed E-state index contributed by atoms with van der Waals surface area (Å²) in [4.78, 5) is 51.1. The van der Waals surface area contributed by atoms with Crippen LogP contribution in [-0.4, -0.2) is 89.2 Å². The highest BCUT2D eigenvalue weighted by Gasteiger charge is 2.50. The molecule has 75 heavy (non-hydrogen) atoms. The van der Waals surface area contributed by atoms with Crippen molar-refractivity contribution in [3.8, 4) is 0 Å². The van der Waals surface area contributed by atoms with E-state index in [9.17, 15) is 34.5 Å². The van der Waals surface area contributed by atoms with Gasteiger partial charge in [-0.1, -0.05) is 248 Å². The van der Waals surface area contributed by atoms with E-state index < -0.39 is 67.3 Å². The van der Waals surface area contributed by atoms with Gasteiger partial charge < -0.3 is 39.0 Å². The van der Waals surface area contributed by atoms with Gasteiger partial charge in [-0.2, -0.15) is 0 Å². The Bertz CT molecular complexity index is 1540. The lowest BCUT2D eigenvalue weighted by atomic mass is 9.98. The standard InChI is InChI=1S/C63H108O12/c1-4-7-10-13-16-19-22-25-27-28-30-32-34-37-40-43-46-49-55(64)71-52-54(73-56(65)50-47-44-41-38-35-31-24-21-18-15-12-9-6-3)53-72-63-61(59(68)58(67)60(75-63)62(69)70)74-57(66)51-48-45-42-39-36-33-29-26-23-20-17-14-11-8-5-2/h7,10,16,19,25,27,30,32,37,40,54,58-61,63,67-68H,4-6,8-9,11-15,17-18,20-24,26,28-29,31,33-36,38-39,41-53H2,1-3H3,(H,69,70)/b10-7-,19-16-,27-25-,32-30-,40-37-. The molecule has 0 bridgehead atoms. The smallest absolute Gasteiger partial charge is 0.335 e. The van der Waals surface area contributed by atoms with E-state index in [-0.39, 0.29) is 25.9 Å². The molecule has 1 fully saturated rings. The predicted molar refractivity (Wildman–Crippen MR) is 303 cm³/mol. The summed E-state index contributed by atoms with van der Waals surface area (Å²) in [7, 11) is 0. The molecule has 0 amide bonds. The molecule has 0 aromatic carbocycles. The van der Waals surface area contributed by atoms with Crippen molar-refractivity contribution in [3.63, 3.8) is 0 Å². The molecule has 1 aliphatic rings. The number of rotatable bonds is 51. The lowest BCUT2D eigenvalue weighted by molar-refractivity contribution is -0.301. The number of allylic oxidation sites excluding steroid dienone is 10. The molecule has 1 rings (SSSR count). The minimum atomic E-state index is -1.91. The Morgan fingerprint density at radius 3 is 1.27 bits per heavy atom. The highest BCUT2D eigenvalue weighted by atomic mass is 16.7. The summed E-state index contributed by atoms with van der Waals surface area (Å²) in [5, 5.41) is 31.5. The molecule has 6 unspecified atom stereocenters. The fourth-order valence-electron chi connectivity index (χ4n) is 8.99. The number of aliphatic hydroxyl groups excluding tert-OH is 2. The topological polar surface area (TPSA) is 175 Å². The van der Waals surface area contributed by atoms with Crippen molar-refractivity contribution in [2.24, 2.45) is 0 Å². The molecule has 3 N–H and O–H groups in total. The van der Waals surface area contributed by atoms with Crippen LogP contribution in [0, 0.1) is 0 Å². The summed E-state index contributed by atoms with van der Waals surface area (Å²) >= 11 is 0. The first-order valence-electron chi connectivity index (χ1n) is 30.3. The highest BCUT2D eigenvalue weighted by Crippen LogP contribution is 2.26. The van der Waals surface area contributed by atoms with E-state index in [0.29, 0.717) is 25.7 Å². The van der Waals surface area contributed by atoms with Gasteiger partial charge in [0, 0.05) is 19.3 Å². The van der Waals surface area contributed by atoms with Gasteiger partial charge in [-0.15, -0.1) is 0 Å². The molecule has 0 aromatic heterocycles. The molecule has 0 aliphatic carbocycles. The van der Waals surface area contributed by atoms with Crippen LogP contribution in [0.15, 0.2) is 60.8 Å². The number of carbonyl (C=O) groups is 4. The molecule has 1 saturated heterocycles.